The van der Waals surface area contributed by atoms with Gasteiger partial charge in [-0.25, -0.2) is 4.98 Å². The van der Waals surface area contributed by atoms with Crippen LogP contribution in [0.5, 0.6) is 0 Å². The van der Waals surface area contributed by atoms with E-state index in [1.807, 2.05) is 18.3 Å². The van der Waals surface area contributed by atoms with Gasteiger partial charge in [-0.3, -0.25) is 9.55 Å². The van der Waals surface area contributed by atoms with Crippen LogP contribution in [-0.2, 0) is 0 Å². The first-order valence-corrected chi connectivity index (χ1v) is 16.3. The van der Waals surface area contributed by atoms with Crippen molar-refractivity contribution in [2.24, 2.45) is 0 Å². The number of benzene rings is 7. The molecule has 0 atom stereocenters. The third-order valence-electron chi connectivity index (χ3n) is 9.98. The monoisotopic (exact) mass is 611 g/mol. The van der Waals surface area contributed by atoms with Crippen LogP contribution < -0.4 is 0 Å². The van der Waals surface area contributed by atoms with Gasteiger partial charge in [0, 0.05) is 44.1 Å². The van der Waals surface area contributed by atoms with E-state index in [2.05, 4.69) is 138 Å². The number of furan rings is 1. The Labute approximate surface area is 274 Å². The predicted molar refractivity (Wildman–Crippen MR) is 199 cm³/mol. The van der Waals surface area contributed by atoms with Crippen LogP contribution in [0, 0.1) is 0 Å². The lowest BCUT2D eigenvalue weighted by molar-refractivity contribution is 0.671. The summed E-state index contributed by atoms with van der Waals surface area (Å²) in [5.74, 6) is 0.826. The molecule has 0 spiro atoms. The minimum absolute atomic E-state index is 0.826. The van der Waals surface area contributed by atoms with Crippen LogP contribution in [0.3, 0.4) is 0 Å². The molecule has 0 radical (unpaired) electrons. The lowest BCUT2D eigenvalue weighted by atomic mass is 9.89. The van der Waals surface area contributed by atoms with Gasteiger partial charge in [-0.05, 0) is 57.4 Å². The Kier molecular flexibility index (Phi) is 5.08. The first kappa shape index (κ1) is 25.6. The van der Waals surface area contributed by atoms with Crippen LogP contribution in [0.4, 0.5) is 0 Å². The van der Waals surface area contributed by atoms with Gasteiger partial charge in [-0.1, -0.05) is 115 Å². The highest BCUT2D eigenvalue weighted by Gasteiger charge is 2.26. The molecule has 0 amide bonds. The molecule has 11 rings (SSSR count). The fourth-order valence-corrected chi connectivity index (χ4v) is 8.07. The molecule has 222 valence electrons. The van der Waals surface area contributed by atoms with Crippen molar-refractivity contribution in [3.8, 4) is 16.9 Å². The Morgan fingerprint density at radius 1 is 0.500 bits per heavy atom. The van der Waals surface area contributed by atoms with E-state index in [9.17, 15) is 0 Å². The zero-order valence-electron chi connectivity index (χ0n) is 25.7. The normalized spacial score (nSPS) is 12.2. The maximum atomic E-state index is 6.97. The standard InChI is InChI=1S/C44H25N3O/c1-2-13-26(14-3-1)33-25-37(46-34-21-12-24-45-42(33)34)47-35-22-10-8-19-31(35)40-38-29-17-6-4-15-27(29)28-16-5-7-18-30(28)39(38)41-32-20-9-11-23-36(32)48-44(41)43(40)47/h1-25H. The second kappa shape index (κ2) is 9.50. The highest BCUT2D eigenvalue weighted by atomic mass is 16.3. The van der Waals surface area contributed by atoms with Gasteiger partial charge < -0.3 is 4.42 Å². The zero-order chi connectivity index (χ0) is 31.3. The number of hydrogen-bond donors (Lipinski definition) is 0. The largest absolute Gasteiger partial charge is 0.454 e. The van der Waals surface area contributed by atoms with E-state index in [-0.39, 0.29) is 0 Å². The molecule has 4 heterocycles. The summed E-state index contributed by atoms with van der Waals surface area (Å²) in [6.07, 6.45) is 1.84. The highest BCUT2D eigenvalue weighted by molar-refractivity contribution is 6.44. The van der Waals surface area contributed by atoms with Gasteiger partial charge in [0.1, 0.15) is 11.4 Å². The van der Waals surface area contributed by atoms with Crippen LogP contribution >= 0.6 is 0 Å². The molecule has 0 unspecified atom stereocenters. The molecule has 11 aromatic rings. The van der Waals surface area contributed by atoms with Gasteiger partial charge in [0.25, 0.3) is 0 Å². The number of rotatable bonds is 2. The minimum atomic E-state index is 0.826. The summed E-state index contributed by atoms with van der Waals surface area (Å²) in [7, 11) is 0. The number of aromatic nitrogens is 3. The van der Waals surface area contributed by atoms with Crippen molar-refractivity contribution in [3.05, 3.63) is 152 Å². The van der Waals surface area contributed by atoms with Gasteiger partial charge in [0.15, 0.2) is 5.58 Å². The van der Waals surface area contributed by atoms with Crippen LogP contribution in [0.25, 0.3) is 104 Å². The van der Waals surface area contributed by atoms with Gasteiger partial charge in [0.05, 0.1) is 22.1 Å². The fourth-order valence-electron chi connectivity index (χ4n) is 8.07. The van der Waals surface area contributed by atoms with Crippen molar-refractivity contribution in [2.75, 3.05) is 0 Å². The van der Waals surface area contributed by atoms with E-state index >= 15 is 0 Å². The number of fused-ring (bicyclic) bond motifs is 16. The number of nitrogens with zero attached hydrogens (tertiary/aromatic N) is 3. The summed E-state index contributed by atoms with van der Waals surface area (Å²) in [5.41, 5.74) is 7.70. The van der Waals surface area contributed by atoms with Gasteiger partial charge >= 0.3 is 0 Å². The predicted octanol–water partition coefficient (Wildman–Crippen LogP) is 11.8. The zero-order valence-corrected chi connectivity index (χ0v) is 25.7. The Hall–Kier alpha value is -6.52. The molecule has 4 heteroatoms. The molecule has 4 aromatic heterocycles. The van der Waals surface area contributed by atoms with E-state index in [1.54, 1.807) is 0 Å². The molecule has 48 heavy (non-hydrogen) atoms. The number of hydrogen-bond acceptors (Lipinski definition) is 3. The van der Waals surface area contributed by atoms with Gasteiger partial charge in [0.2, 0.25) is 0 Å². The molecular weight excluding hydrogens is 587 g/mol. The van der Waals surface area contributed by atoms with E-state index in [0.717, 1.165) is 66.3 Å². The molecule has 0 N–H and O–H groups in total. The summed E-state index contributed by atoms with van der Waals surface area (Å²) in [4.78, 5) is 10.1. The topological polar surface area (TPSA) is 43.9 Å². The van der Waals surface area contributed by atoms with Crippen LogP contribution in [0.15, 0.2) is 156 Å². The van der Waals surface area contributed by atoms with E-state index in [1.165, 1.54) is 37.7 Å². The highest BCUT2D eigenvalue weighted by Crippen LogP contribution is 2.50. The summed E-state index contributed by atoms with van der Waals surface area (Å²) < 4.78 is 9.29. The van der Waals surface area contributed by atoms with Crippen LogP contribution in [-0.4, -0.2) is 14.5 Å². The van der Waals surface area contributed by atoms with Crippen LogP contribution in [0.1, 0.15) is 0 Å². The Morgan fingerprint density at radius 2 is 1.12 bits per heavy atom. The van der Waals surface area contributed by atoms with Gasteiger partial charge in [-0.15, -0.1) is 0 Å². The maximum Gasteiger partial charge on any atom is 0.160 e. The molecule has 0 saturated heterocycles. The lowest BCUT2D eigenvalue weighted by Crippen LogP contribution is -2.00. The minimum Gasteiger partial charge on any atom is -0.454 e. The average molecular weight is 612 g/mol. The van der Waals surface area contributed by atoms with Crippen molar-refractivity contribution in [1.82, 2.24) is 14.5 Å². The second-order valence-corrected chi connectivity index (χ2v) is 12.5. The quantitative estimate of drug-likeness (QED) is 0.183. The smallest absolute Gasteiger partial charge is 0.160 e. The molecular formula is C44H25N3O. The Balaban J connectivity index is 1.45. The molecule has 0 bridgehead atoms. The average Bonchev–Trinajstić information content (AvgIpc) is 3.71. The lowest BCUT2D eigenvalue weighted by Gasteiger charge is -2.15. The second-order valence-electron chi connectivity index (χ2n) is 12.5. The van der Waals surface area contributed by atoms with Crippen molar-refractivity contribution in [1.29, 1.82) is 0 Å². The van der Waals surface area contributed by atoms with Crippen molar-refractivity contribution >= 4 is 87.1 Å². The molecule has 0 aliphatic heterocycles. The molecule has 0 fully saturated rings. The SMILES string of the molecule is c1ccc(-c2cc(-n3c4ccccc4c4c5c6ccccc6c6ccccc6c5c5c6ccccc6oc5c43)nc3cccnc23)cc1. The van der Waals surface area contributed by atoms with Crippen molar-refractivity contribution in [3.63, 3.8) is 0 Å². The maximum absolute atomic E-state index is 6.97. The first-order valence-electron chi connectivity index (χ1n) is 16.3. The molecule has 0 saturated carbocycles. The summed E-state index contributed by atoms with van der Waals surface area (Å²) in [5, 5.41) is 12.0. The molecule has 4 nitrogen and oxygen atoms in total. The molecule has 0 aliphatic rings. The molecule has 7 aromatic carbocycles. The number of para-hydroxylation sites is 2. The number of pyridine rings is 2. The van der Waals surface area contributed by atoms with E-state index in [4.69, 9.17) is 14.4 Å². The summed E-state index contributed by atoms with van der Waals surface area (Å²) >= 11 is 0. The first-order chi connectivity index (χ1) is 23.8. The van der Waals surface area contributed by atoms with Gasteiger partial charge in [-0.2, -0.15) is 0 Å². The van der Waals surface area contributed by atoms with Crippen LogP contribution in [0.2, 0.25) is 0 Å². The third-order valence-corrected chi connectivity index (χ3v) is 9.98. The third kappa shape index (κ3) is 3.33. The van der Waals surface area contributed by atoms with E-state index in [0.29, 0.717) is 0 Å². The summed E-state index contributed by atoms with van der Waals surface area (Å²) in [6, 6.07) is 51.4. The fraction of sp³-hybridized carbons (Fsp3) is 0. The Morgan fingerprint density at radius 3 is 1.90 bits per heavy atom. The summed E-state index contributed by atoms with van der Waals surface area (Å²) in [6.45, 7) is 0. The van der Waals surface area contributed by atoms with Crippen molar-refractivity contribution < 1.29 is 4.42 Å². The van der Waals surface area contributed by atoms with Crippen molar-refractivity contribution in [2.45, 2.75) is 0 Å². The Bertz CT molecular complexity index is 3120. The van der Waals surface area contributed by atoms with E-state index < -0.39 is 0 Å². The molecule has 0 aliphatic carbocycles.